The molecule has 1 N–H and O–H groups in total. The van der Waals surface area contributed by atoms with E-state index < -0.39 is 0 Å². The molecule has 19 heavy (non-hydrogen) atoms. The van der Waals surface area contributed by atoms with Crippen LogP contribution >= 0.6 is 11.6 Å². The average molecular weight is 285 g/mol. The van der Waals surface area contributed by atoms with E-state index in [0.717, 1.165) is 44.0 Å². The van der Waals surface area contributed by atoms with Crippen LogP contribution in [0.25, 0.3) is 0 Å². The predicted molar refractivity (Wildman–Crippen MR) is 82.3 cm³/mol. The van der Waals surface area contributed by atoms with E-state index in [1.807, 2.05) is 25.1 Å². The number of hydrogen-bond acceptors (Lipinski definition) is 3. The first-order valence-electron chi connectivity index (χ1n) is 6.99. The van der Waals surface area contributed by atoms with Gasteiger partial charge in [0.15, 0.2) is 0 Å². The van der Waals surface area contributed by atoms with E-state index in [1.165, 1.54) is 0 Å². The Balaban J connectivity index is 2.14. The topological polar surface area (TPSA) is 24.5 Å². The zero-order valence-electron chi connectivity index (χ0n) is 12.2. The van der Waals surface area contributed by atoms with E-state index >= 15 is 0 Å². The molecule has 1 rings (SSSR count). The molecule has 0 amide bonds. The molecule has 0 aliphatic heterocycles. The molecular weight excluding hydrogens is 260 g/mol. The third-order valence-electron chi connectivity index (χ3n) is 3.12. The van der Waals surface area contributed by atoms with Crippen molar-refractivity contribution >= 4 is 11.6 Å². The maximum atomic E-state index is 6.10. The number of likely N-dealkylation sites (N-methyl/N-ethyl adjacent to an activating group) is 1. The van der Waals surface area contributed by atoms with Crippen molar-refractivity contribution < 1.29 is 4.74 Å². The number of halogens is 1. The van der Waals surface area contributed by atoms with E-state index in [-0.39, 0.29) is 0 Å². The molecule has 0 unspecified atom stereocenters. The standard InChI is InChI=1S/C15H25ClN2O/c1-4-18(5-2)10-8-17-9-11-19-15-7-6-13(3)12-14(15)16/h6-7,12,17H,4-5,8-11H2,1-3H3. The van der Waals surface area contributed by atoms with Crippen LogP contribution in [0.3, 0.4) is 0 Å². The Kier molecular flexibility index (Phi) is 7.87. The van der Waals surface area contributed by atoms with Crippen molar-refractivity contribution in [2.45, 2.75) is 20.8 Å². The largest absolute Gasteiger partial charge is 0.491 e. The molecule has 0 saturated carbocycles. The number of nitrogens with zero attached hydrogens (tertiary/aromatic N) is 1. The SMILES string of the molecule is CCN(CC)CCNCCOc1ccc(C)cc1Cl. The van der Waals surface area contributed by atoms with Gasteiger partial charge in [-0.15, -0.1) is 0 Å². The third-order valence-corrected chi connectivity index (χ3v) is 3.42. The van der Waals surface area contributed by atoms with Gasteiger partial charge in [-0.25, -0.2) is 0 Å². The van der Waals surface area contributed by atoms with E-state index in [2.05, 4.69) is 24.1 Å². The fraction of sp³-hybridized carbons (Fsp3) is 0.600. The van der Waals surface area contributed by atoms with Gasteiger partial charge in [-0.3, -0.25) is 0 Å². The molecule has 0 heterocycles. The number of hydrogen-bond donors (Lipinski definition) is 1. The van der Waals surface area contributed by atoms with Crippen LogP contribution in [-0.4, -0.2) is 44.2 Å². The van der Waals surface area contributed by atoms with Crippen LogP contribution in [0.4, 0.5) is 0 Å². The molecule has 1 aromatic carbocycles. The minimum atomic E-state index is 0.640. The zero-order chi connectivity index (χ0) is 14.1. The second kappa shape index (κ2) is 9.18. The second-order valence-corrected chi connectivity index (χ2v) is 4.97. The molecule has 108 valence electrons. The quantitative estimate of drug-likeness (QED) is 0.706. The summed E-state index contributed by atoms with van der Waals surface area (Å²) >= 11 is 6.10. The van der Waals surface area contributed by atoms with Crippen molar-refractivity contribution in [3.63, 3.8) is 0 Å². The molecule has 3 nitrogen and oxygen atoms in total. The van der Waals surface area contributed by atoms with Crippen LogP contribution in [0.15, 0.2) is 18.2 Å². The molecule has 0 bridgehead atoms. The smallest absolute Gasteiger partial charge is 0.137 e. The molecule has 1 aromatic rings. The highest BCUT2D eigenvalue weighted by Crippen LogP contribution is 2.24. The number of rotatable bonds is 9. The van der Waals surface area contributed by atoms with Crippen LogP contribution < -0.4 is 10.1 Å². The molecule has 0 spiro atoms. The Morgan fingerprint density at radius 3 is 2.58 bits per heavy atom. The van der Waals surface area contributed by atoms with Gasteiger partial charge >= 0.3 is 0 Å². The van der Waals surface area contributed by atoms with E-state index in [4.69, 9.17) is 16.3 Å². The highest BCUT2D eigenvalue weighted by Gasteiger charge is 2.01. The Morgan fingerprint density at radius 1 is 1.21 bits per heavy atom. The summed E-state index contributed by atoms with van der Waals surface area (Å²) in [7, 11) is 0. The molecule has 4 heteroatoms. The Bertz CT molecular complexity index is 367. The van der Waals surface area contributed by atoms with E-state index in [9.17, 15) is 0 Å². The normalized spacial score (nSPS) is 11.0. The third kappa shape index (κ3) is 6.28. The van der Waals surface area contributed by atoms with Gasteiger partial charge in [0.05, 0.1) is 5.02 Å². The Labute approximate surface area is 121 Å². The molecule has 0 aromatic heterocycles. The van der Waals surface area contributed by atoms with E-state index in [1.54, 1.807) is 0 Å². The van der Waals surface area contributed by atoms with Crippen molar-refractivity contribution in [1.29, 1.82) is 0 Å². The monoisotopic (exact) mass is 284 g/mol. The van der Waals surface area contributed by atoms with Crippen molar-refractivity contribution in [3.8, 4) is 5.75 Å². The Morgan fingerprint density at radius 2 is 1.95 bits per heavy atom. The maximum absolute atomic E-state index is 6.10. The highest BCUT2D eigenvalue weighted by atomic mass is 35.5. The summed E-state index contributed by atoms with van der Waals surface area (Å²) in [5.41, 5.74) is 1.15. The number of benzene rings is 1. The lowest BCUT2D eigenvalue weighted by molar-refractivity contribution is 0.285. The molecule has 0 aliphatic rings. The molecule has 0 atom stereocenters. The summed E-state index contributed by atoms with van der Waals surface area (Å²) < 4.78 is 5.64. The van der Waals surface area contributed by atoms with Crippen LogP contribution in [-0.2, 0) is 0 Å². The van der Waals surface area contributed by atoms with Gasteiger partial charge < -0.3 is 15.0 Å². The summed E-state index contributed by atoms with van der Waals surface area (Å²) in [6.45, 7) is 12.2. The van der Waals surface area contributed by atoms with Crippen LogP contribution in [0.5, 0.6) is 5.75 Å². The lowest BCUT2D eigenvalue weighted by atomic mass is 10.2. The fourth-order valence-corrected chi connectivity index (χ4v) is 2.15. The average Bonchev–Trinajstić information content (AvgIpc) is 2.40. The zero-order valence-corrected chi connectivity index (χ0v) is 13.0. The minimum absolute atomic E-state index is 0.640. The van der Waals surface area contributed by atoms with Crippen molar-refractivity contribution in [2.75, 3.05) is 39.3 Å². The maximum Gasteiger partial charge on any atom is 0.137 e. The molecule has 0 saturated heterocycles. The van der Waals surface area contributed by atoms with Gasteiger partial charge in [0.25, 0.3) is 0 Å². The first-order valence-corrected chi connectivity index (χ1v) is 7.37. The van der Waals surface area contributed by atoms with Gasteiger partial charge in [0.1, 0.15) is 12.4 Å². The van der Waals surface area contributed by atoms with Gasteiger partial charge in [0.2, 0.25) is 0 Å². The summed E-state index contributed by atoms with van der Waals surface area (Å²) in [6.07, 6.45) is 0. The number of aryl methyl sites for hydroxylation is 1. The van der Waals surface area contributed by atoms with Crippen LogP contribution in [0, 0.1) is 6.92 Å². The number of ether oxygens (including phenoxy) is 1. The molecule has 0 fully saturated rings. The van der Waals surface area contributed by atoms with Crippen molar-refractivity contribution in [2.24, 2.45) is 0 Å². The Hall–Kier alpha value is -0.770. The first kappa shape index (κ1) is 16.3. The minimum Gasteiger partial charge on any atom is -0.491 e. The summed E-state index contributed by atoms with van der Waals surface area (Å²) in [5, 5.41) is 4.06. The van der Waals surface area contributed by atoms with E-state index in [0.29, 0.717) is 11.6 Å². The van der Waals surface area contributed by atoms with Gasteiger partial charge in [-0.1, -0.05) is 31.5 Å². The summed E-state index contributed by atoms with van der Waals surface area (Å²) in [5.74, 6) is 0.762. The van der Waals surface area contributed by atoms with Gasteiger partial charge in [-0.05, 0) is 37.7 Å². The van der Waals surface area contributed by atoms with Crippen molar-refractivity contribution in [3.05, 3.63) is 28.8 Å². The molecular formula is C15H25ClN2O. The number of nitrogens with one attached hydrogen (secondary N) is 1. The highest BCUT2D eigenvalue weighted by molar-refractivity contribution is 6.32. The van der Waals surface area contributed by atoms with Gasteiger partial charge in [0, 0.05) is 19.6 Å². The lowest BCUT2D eigenvalue weighted by Crippen LogP contribution is -2.33. The second-order valence-electron chi connectivity index (χ2n) is 4.56. The molecule has 0 radical (unpaired) electrons. The summed E-state index contributed by atoms with van der Waals surface area (Å²) in [6, 6.07) is 5.85. The first-order chi connectivity index (χ1) is 9.17. The molecule has 0 aliphatic carbocycles. The van der Waals surface area contributed by atoms with Crippen molar-refractivity contribution in [1.82, 2.24) is 10.2 Å². The predicted octanol–water partition coefficient (Wildman–Crippen LogP) is 2.96. The fourth-order valence-electron chi connectivity index (χ4n) is 1.86. The lowest BCUT2D eigenvalue weighted by Gasteiger charge is -2.18. The van der Waals surface area contributed by atoms with Gasteiger partial charge in [-0.2, -0.15) is 0 Å². The van der Waals surface area contributed by atoms with Crippen LogP contribution in [0.2, 0.25) is 5.02 Å². The van der Waals surface area contributed by atoms with Crippen LogP contribution in [0.1, 0.15) is 19.4 Å². The summed E-state index contributed by atoms with van der Waals surface area (Å²) in [4.78, 5) is 2.39.